The Bertz CT molecular complexity index is 760. The van der Waals surface area contributed by atoms with Gasteiger partial charge in [0.2, 0.25) is 0 Å². The van der Waals surface area contributed by atoms with E-state index in [4.69, 9.17) is 4.43 Å². The van der Waals surface area contributed by atoms with Crippen LogP contribution in [0.1, 0.15) is 26.5 Å². The molecule has 0 aliphatic rings. The average Bonchev–Trinajstić information content (AvgIpc) is 2.43. The van der Waals surface area contributed by atoms with Crippen molar-refractivity contribution in [2.24, 2.45) is 7.05 Å². The van der Waals surface area contributed by atoms with Crippen LogP contribution in [0.2, 0.25) is 18.1 Å². The van der Waals surface area contributed by atoms with Crippen LogP contribution >= 0.6 is 15.9 Å². The summed E-state index contributed by atoms with van der Waals surface area (Å²) in [6, 6.07) is 7.67. The maximum absolute atomic E-state index is 12.5. The van der Waals surface area contributed by atoms with Crippen molar-refractivity contribution in [1.29, 1.82) is 0 Å². The number of benzene rings is 1. The molecule has 0 unspecified atom stereocenters. The summed E-state index contributed by atoms with van der Waals surface area (Å²) in [5.74, 6) is 0. The molecular weight excluding hydrogens is 358 g/mol. The van der Waals surface area contributed by atoms with Crippen molar-refractivity contribution in [3.05, 3.63) is 44.8 Å². The van der Waals surface area contributed by atoms with E-state index in [1.165, 1.54) is 0 Å². The number of aromatic nitrogens is 1. The first-order valence-corrected chi connectivity index (χ1v) is 11.2. The molecule has 0 aliphatic carbocycles. The van der Waals surface area contributed by atoms with Crippen molar-refractivity contribution in [3.8, 4) is 0 Å². The first-order chi connectivity index (χ1) is 10.1. The van der Waals surface area contributed by atoms with Crippen LogP contribution in [0.15, 0.2) is 33.5 Å². The van der Waals surface area contributed by atoms with Crippen LogP contribution in [0.5, 0.6) is 0 Å². The van der Waals surface area contributed by atoms with Crippen LogP contribution in [0.25, 0.3) is 10.8 Å². The van der Waals surface area contributed by atoms with Gasteiger partial charge in [0.1, 0.15) is 0 Å². The van der Waals surface area contributed by atoms with Crippen molar-refractivity contribution < 1.29 is 4.43 Å². The van der Waals surface area contributed by atoms with E-state index in [2.05, 4.69) is 49.8 Å². The van der Waals surface area contributed by atoms with Crippen LogP contribution in [-0.4, -0.2) is 12.9 Å². The highest BCUT2D eigenvalue weighted by Gasteiger charge is 2.37. The molecule has 0 fully saturated rings. The van der Waals surface area contributed by atoms with Gasteiger partial charge < -0.3 is 8.99 Å². The Morgan fingerprint density at radius 2 is 1.73 bits per heavy atom. The summed E-state index contributed by atoms with van der Waals surface area (Å²) in [5, 5.41) is 1.82. The van der Waals surface area contributed by atoms with E-state index in [-0.39, 0.29) is 10.6 Å². The zero-order valence-corrected chi connectivity index (χ0v) is 16.7. The second kappa shape index (κ2) is 5.94. The van der Waals surface area contributed by atoms with Gasteiger partial charge in [0.25, 0.3) is 5.56 Å². The second-order valence-electron chi connectivity index (χ2n) is 7.22. The van der Waals surface area contributed by atoms with Gasteiger partial charge in [0, 0.05) is 22.3 Å². The minimum atomic E-state index is -1.85. The Labute approximate surface area is 141 Å². The minimum Gasteiger partial charge on any atom is -0.411 e. The Kier molecular flexibility index (Phi) is 4.71. The summed E-state index contributed by atoms with van der Waals surface area (Å²) in [6.07, 6.45) is 0. The molecule has 1 aromatic carbocycles. The molecule has 0 amide bonds. The van der Waals surface area contributed by atoms with E-state index in [1.807, 2.05) is 31.3 Å². The summed E-state index contributed by atoms with van der Waals surface area (Å²) in [6.45, 7) is 11.5. The maximum atomic E-state index is 12.5. The summed E-state index contributed by atoms with van der Waals surface area (Å²) >= 11 is 3.66. The zero-order chi connectivity index (χ0) is 16.7. The van der Waals surface area contributed by atoms with Crippen LogP contribution in [0.4, 0.5) is 0 Å². The standard InChI is InChI=1S/C17H24BrNO2Si/c1-17(2,3)22(5,6)21-11-14-15(18)12-9-7-8-10-13(12)16(20)19(14)4/h7-10H,11H2,1-6H3. The van der Waals surface area contributed by atoms with Gasteiger partial charge >= 0.3 is 0 Å². The summed E-state index contributed by atoms with van der Waals surface area (Å²) in [4.78, 5) is 12.5. The van der Waals surface area contributed by atoms with Gasteiger partial charge in [-0.05, 0) is 40.1 Å². The molecule has 120 valence electrons. The van der Waals surface area contributed by atoms with Gasteiger partial charge in [-0.3, -0.25) is 4.79 Å². The predicted molar refractivity (Wildman–Crippen MR) is 98.9 cm³/mol. The maximum Gasteiger partial charge on any atom is 0.258 e. The molecule has 22 heavy (non-hydrogen) atoms. The third-order valence-corrected chi connectivity index (χ3v) is 10.1. The highest BCUT2D eigenvalue weighted by molar-refractivity contribution is 9.10. The number of hydrogen-bond acceptors (Lipinski definition) is 2. The Balaban J connectivity index is 2.47. The van der Waals surface area contributed by atoms with Crippen molar-refractivity contribution >= 4 is 35.0 Å². The molecule has 0 spiro atoms. The molecule has 0 aliphatic heterocycles. The van der Waals surface area contributed by atoms with E-state index < -0.39 is 8.32 Å². The van der Waals surface area contributed by atoms with Crippen molar-refractivity contribution in [2.75, 3.05) is 0 Å². The van der Waals surface area contributed by atoms with Crippen LogP contribution in [-0.2, 0) is 18.1 Å². The smallest absolute Gasteiger partial charge is 0.258 e. The molecule has 0 radical (unpaired) electrons. The molecule has 3 nitrogen and oxygen atoms in total. The fraction of sp³-hybridized carbons (Fsp3) is 0.471. The number of halogens is 1. The quantitative estimate of drug-likeness (QED) is 0.713. The predicted octanol–water partition coefficient (Wildman–Crippen LogP) is 4.82. The lowest BCUT2D eigenvalue weighted by atomic mass is 10.1. The lowest BCUT2D eigenvalue weighted by Gasteiger charge is -2.36. The van der Waals surface area contributed by atoms with Gasteiger partial charge in [-0.25, -0.2) is 0 Å². The molecule has 0 atom stereocenters. The highest BCUT2D eigenvalue weighted by Crippen LogP contribution is 2.37. The summed E-state index contributed by atoms with van der Waals surface area (Å²) in [7, 11) is -0.0452. The van der Waals surface area contributed by atoms with Crippen molar-refractivity contribution in [1.82, 2.24) is 4.57 Å². The molecule has 0 N–H and O–H groups in total. The van der Waals surface area contributed by atoms with Crippen LogP contribution in [0, 0.1) is 0 Å². The highest BCUT2D eigenvalue weighted by atomic mass is 79.9. The van der Waals surface area contributed by atoms with Gasteiger partial charge in [-0.15, -0.1) is 0 Å². The third kappa shape index (κ3) is 3.07. The zero-order valence-electron chi connectivity index (χ0n) is 14.2. The fourth-order valence-corrected chi connectivity index (χ4v) is 3.75. The number of rotatable bonds is 3. The second-order valence-corrected chi connectivity index (χ2v) is 12.8. The van der Waals surface area contributed by atoms with E-state index in [0.29, 0.717) is 6.61 Å². The van der Waals surface area contributed by atoms with E-state index in [9.17, 15) is 4.79 Å². The van der Waals surface area contributed by atoms with E-state index in [1.54, 1.807) is 4.57 Å². The molecule has 0 saturated heterocycles. The van der Waals surface area contributed by atoms with Crippen LogP contribution in [0.3, 0.4) is 0 Å². The minimum absolute atomic E-state index is 0.0210. The number of hydrogen-bond donors (Lipinski definition) is 0. The topological polar surface area (TPSA) is 31.2 Å². The lowest BCUT2D eigenvalue weighted by molar-refractivity contribution is 0.266. The SMILES string of the molecule is Cn1c(CO[Si](C)(C)C(C)(C)C)c(Br)c2ccccc2c1=O. The fourth-order valence-electron chi connectivity index (χ4n) is 2.09. The summed E-state index contributed by atoms with van der Waals surface area (Å²) < 4.78 is 8.94. The Morgan fingerprint density at radius 3 is 2.27 bits per heavy atom. The number of pyridine rings is 1. The number of fused-ring (bicyclic) bond motifs is 1. The molecule has 0 bridgehead atoms. The summed E-state index contributed by atoms with van der Waals surface area (Å²) in [5.41, 5.74) is 0.918. The molecule has 2 rings (SSSR count). The normalized spacial score (nSPS) is 12.9. The van der Waals surface area contributed by atoms with Gasteiger partial charge in [-0.1, -0.05) is 39.0 Å². The Morgan fingerprint density at radius 1 is 1.18 bits per heavy atom. The first kappa shape index (κ1) is 17.4. The van der Waals surface area contributed by atoms with E-state index >= 15 is 0 Å². The molecule has 1 aromatic heterocycles. The molecule has 5 heteroatoms. The first-order valence-electron chi connectivity index (χ1n) is 7.46. The van der Waals surface area contributed by atoms with Crippen LogP contribution < -0.4 is 5.56 Å². The molecule has 0 saturated carbocycles. The van der Waals surface area contributed by atoms with Crippen molar-refractivity contribution in [3.63, 3.8) is 0 Å². The third-order valence-electron chi connectivity index (χ3n) is 4.73. The molecule has 2 aromatic rings. The van der Waals surface area contributed by atoms with Gasteiger partial charge in [0.05, 0.1) is 12.3 Å². The lowest BCUT2D eigenvalue weighted by Crippen LogP contribution is -2.41. The monoisotopic (exact) mass is 381 g/mol. The number of nitrogens with zero attached hydrogens (tertiary/aromatic N) is 1. The molecular formula is C17H24BrNO2Si. The molecule has 1 heterocycles. The van der Waals surface area contributed by atoms with E-state index in [0.717, 1.165) is 20.9 Å². The van der Waals surface area contributed by atoms with Crippen molar-refractivity contribution in [2.45, 2.75) is 45.5 Å². The Hall–Kier alpha value is -0.913. The van der Waals surface area contributed by atoms with Gasteiger partial charge in [-0.2, -0.15) is 0 Å². The van der Waals surface area contributed by atoms with Gasteiger partial charge in [0.15, 0.2) is 8.32 Å². The largest absolute Gasteiger partial charge is 0.411 e. The average molecular weight is 382 g/mol.